The second-order valence-electron chi connectivity index (χ2n) is 8.11. The number of amides is 1. The highest BCUT2D eigenvalue weighted by atomic mass is 32.2. The maximum absolute atomic E-state index is 12.8. The van der Waals surface area contributed by atoms with Crippen LogP contribution in [0.4, 0.5) is 5.00 Å². The van der Waals surface area contributed by atoms with Gasteiger partial charge in [0.05, 0.1) is 10.5 Å². The molecule has 6 nitrogen and oxygen atoms in total. The predicted molar refractivity (Wildman–Crippen MR) is 117 cm³/mol. The SMILES string of the molecule is CC1CCc2c(sc(NC(=O)c3ccc(S(=O)(=O)N4CCCCC4)cc3)c2C#N)C1. The Labute approximate surface area is 181 Å². The van der Waals surface area contributed by atoms with E-state index in [0.717, 1.165) is 44.1 Å². The predicted octanol–water partition coefficient (Wildman–Crippen LogP) is 4.17. The number of benzene rings is 1. The van der Waals surface area contributed by atoms with E-state index in [4.69, 9.17) is 0 Å². The van der Waals surface area contributed by atoms with Gasteiger partial charge in [-0.1, -0.05) is 13.3 Å². The van der Waals surface area contributed by atoms with Gasteiger partial charge in [-0.2, -0.15) is 9.57 Å². The molecular formula is C22H25N3O3S2. The molecule has 0 saturated carbocycles. The molecule has 1 saturated heterocycles. The topological polar surface area (TPSA) is 90.3 Å². The normalized spacial score (nSPS) is 19.7. The van der Waals surface area contributed by atoms with Gasteiger partial charge in [0.15, 0.2) is 0 Å². The molecule has 1 atom stereocenters. The average molecular weight is 444 g/mol. The number of sulfonamides is 1. The monoisotopic (exact) mass is 443 g/mol. The second kappa shape index (κ2) is 8.50. The van der Waals surface area contributed by atoms with Crippen molar-refractivity contribution in [1.29, 1.82) is 5.26 Å². The number of nitriles is 1. The standard InChI is InChI=1S/C22H25N3O3S2/c1-15-5-10-18-19(14-23)22(29-20(18)13-15)24-21(26)16-6-8-17(9-7-16)30(27,28)25-11-3-2-4-12-25/h6-9,15H,2-5,10-13H2,1H3,(H,24,26). The Morgan fingerprint density at radius 1 is 1.20 bits per heavy atom. The minimum Gasteiger partial charge on any atom is -0.312 e. The van der Waals surface area contributed by atoms with E-state index in [1.54, 1.807) is 0 Å². The Morgan fingerprint density at radius 2 is 1.90 bits per heavy atom. The van der Waals surface area contributed by atoms with E-state index in [-0.39, 0.29) is 10.8 Å². The third kappa shape index (κ3) is 4.02. The molecule has 1 aliphatic heterocycles. The van der Waals surface area contributed by atoms with E-state index in [9.17, 15) is 18.5 Å². The van der Waals surface area contributed by atoms with Gasteiger partial charge < -0.3 is 5.32 Å². The molecule has 4 rings (SSSR count). The van der Waals surface area contributed by atoms with Crippen LogP contribution in [0.3, 0.4) is 0 Å². The zero-order chi connectivity index (χ0) is 21.3. The van der Waals surface area contributed by atoms with E-state index in [2.05, 4.69) is 18.3 Å². The van der Waals surface area contributed by atoms with Crippen LogP contribution < -0.4 is 5.32 Å². The Balaban J connectivity index is 1.52. The molecular weight excluding hydrogens is 418 g/mol. The first-order valence-corrected chi connectivity index (χ1v) is 12.6. The van der Waals surface area contributed by atoms with Gasteiger partial charge in [-0.15, -0.1) is 11.3 Å². The van der Waals surface area contributed by atoms with Crippen molar-refractivity contribution < 1.29 is 13.2 Å². The fraction of sp³-hybridized carbons (Fsp3) is 0.455. The lowest BCUT2D eigenvalue weighted by molar-refractivity contribution is 0.102. The lowest BCUT2D eigenvalue weighted by atomic mass is 9.88. The molecule has 1 aliphatic carbocycles. The molecule has 30 heavy (non-hydrogen) atoms. The van der Waals surface area contributed by atoms with Crippen LogP contribution in [0, 0.1) is 17.2 Å². The number of piperidine rings is 1. The molecule has 1 amide bonds. The summed E-state index contributed by atoms with van der Waals surface area (Å²) in [7, 11) is -3.52. The molecule has 2 aromatic rings. The van der Waals surface area contributed by atoms with Gasteiger partial charge in [0.25, 0.3) is 5.91 Å². The lowest BCUT2D eigenvalue weighted by Crippen LogP contribution is -2.35. The molecule has 1 aromatic carbocycles. The van der Waals surface area contributed by atoms with E-state index in [0.29, 0.717) is 35.1 Å². The molecule has 2 aliphatic rings. The van der Waals surface area contributed by atoms with Crippen molar-refractivity contribution >= 4 is 32.3 Å². The summed E-state index contributed by atoms with van der Waals surface area (Å²) in [6.45, 7) is 3.29. The van der Waals surface area contributed by atoms with Gasteiger partial charge >= 0.3 is 0 Å². The van der Waals surface area contributed by atoms with Gasteiger partial charge in [-0.05, 0) is 67.9 Å². The largest absolute Gasteiger partial charge is 0.312 e. The summed E-state index contributed by atoms with van der Waals surface area (Å²) in [5, 5.41) is 13.1. The van der Waals surface area contributed by atoms with Crippen LogP contribution in [-0.2, 0) is 22.9 Å². The summed E-state index contributed by atoms with van der Waals surface area (Å²) < 4.78 is 27.1. The van der Waals surface area contributed by atoms with Crippen LogP contribution in [0.15, 0.2) is 29.2 Å². The van der Waals surface area contributed by atoms with E-state index < -0.39 is 10.0 Å². The molecule has 8 heteroatoms. The summed E-state index contributed by atoms with van der Waals surface area (Å²) in [4.78, 5) is 14.1. The molecule has 1 unspecified atom stereocenters. The molecule has 0 radical (unpaired) electrons. The minimum atomic E-state index is -3.52. The van der Waals surface area contributed by atoms with Gasteiger partial charge in [0.2, 0.25) is 10.0 Å². The van der Waals surface area contributed by atoms with Gasteiger partial charge in [0, 0.05) is 23.5 Å². The van der Waals surface area contributed by atoms with Crippen molar-refractivity contribution in [3.63, 3.8) is 0 Å². The fourth-order valence-electron chi connectivity index (χ4n) is 4.17. The van der Waals surface area contributed by atoms with Crippen molar-refractivity contribution in [3.8, 4) is 6.07 Å². The van der Waals surface area contributed by atoms with Gasteiger partial charge in [-0.25, -0.2) is 8.42 Å². The quantitative estimate of drug-likeness (QED) is 0.768. The first-order chi connectivity index (χ1) is 14.4. The highest BCUT2D eigenvalue weighted by molar-refractivity contribution is 7.89. The lowest BCUT2D eigenvalue weighted by Gasteiger charge is -2.25. The van der Waals surface area contributed by atoms with Crippen molar-refractivity contribution in [2.45, 2.75) is 50.3 Å². The van der Waals surface area contributed by atoms with Crippen LogP contribution in [-0.4, -0.2) is 31.7 Å². The van der Waals surface area contributed by atoms with E-state index in [1.807, 2.05) is 0 Å². The van der Waals surface area contributed by atoms with Crippen molar-refractivity contribution in [3.05, 3.63) is 45.8 Å². The number of hydrogen-bond acceptors (Lipinski definition) is 5. The number of nitrogens with one attached hydrogen (secondary N) is 1. The molecule has 1 fully saturated rings. The highest BCUT2D eigenvalue weighted by Gasteiger charge is 2.27. The van der Waals surface area contributed by atoms with Crippen LogP contribution in [0.5, 0.6) is 0 Å². The number of fused-ring (bicyclic) bond motifs is 1. The zero-order valence-electron chi connectivity index (χ0n) is 17.0. The summed E-state index contributed by atoms with van der Waals surface area (Å²) in [5.41, 5.74) is 2.01. The Hall–Kier alpha value is -2.21. The highest BCUT2D eigenvalue weighted by Crippen LogP contribution is 2.39. The van der Waals surface area contributed by atoms with Crippen molar-refractivity contribution in [2.75, 3.05) is 18.4 Å². The molecule has 2 heterocycles. The number of hydrogen-bond donors (Lipinski definition) is 1. The Bertz CT molecular complexity index is 1090. The van der Waals surface area contributed by atoms with Crippen molar-refractivity contribution in [2.24, 2.45) is 5.92 Å². The van der Waals surface area contributed by atoms with Gasteiger partial charge in [0.1, 0.15) is 11.1 Å². The maximum Gasteiger partial charge on any atom is 0.256 e. The molecule has 1 N–H and O–H groups in total. The van der Waals surface area contributed by atoms with Crippen LogP contribution >= 0.6 is 11.3 Å². The van der Waals surface area contributed by atoms with Crippen molar-refractivity contribution in [1.82, 2.24) is 4.31 Å². The number of carbonyl (C=O) groups excluding carboxylic acids is 1. The molecule has 0 spiro atoms. The van der Waals surface area contributed by atoms with Crippen LogP contribution in [0.25, 0.3) is 0 Å². The third-order valence-electron chi connectivity index (χ3n) is 5.92. The average Bonchev–Trinajstić information content (AvgIpc) is 3.10. The summed E-state index contributed by atoms with van der Waals surface area (Å²) >= 11 is 1.48. The Kier molecular flexibility index (Phi) is 5.96. The number of rotatable bonds is 4. The Morgan fingerprint density at radius 3 is 2.57 bits per heavy atom. The van der Waals surface area contributed by atoms with E-state index in [1.165, 1.54) is 44.8 Å². The number of anilines is 1. The van der Waals surface area contributed by atoms with Gasteiger partial charge in [-0.3, -0.25) is 4.79 Å². The summed E-state index contributed by atoms with van der Waals surface area (Å²) in [5.74, 6) is 0.251. The van der Waals surface area contributed by atoms with Crippen LogP contribution in [0.1, 0.15) is 59.0 Å². The smallest absolute Gasteiger partial charge is 0.256 e. The summed E-state index contributed by atoms with van der Waals surface area (Å²) in [6.07, 6.45) is 5.68. The molecule has 158 valence electrons. The first-order valence-electron chi connectivity index (χ1n) is 10.4. The summed E-state index contributed by atoms with van der Waals surface area (Å²) in [6, 6.07) is 8.31. The zero-order valence-corrected chi connectivity index (χ0v) is 18.6. The number of carbonyl (C=O) groups is 1. The maximum atomic E-state index is 12.8. The third-order valence-corrected chi connectivity index (χ3v) is 9.00. The second-order valence-corrected chi connectivity index (χ2v) is 11.2. The first kappa shape index (κ1) is 21.0. The van der Waals surface area contributed by atoms with Crippen LogP contribution in [0.2, 0.25) is 0 Å². The fourth-order valence-corrected chi connectivity index (χ4v) is 7.04. The van der Waals surface area contributed by atoms with E-state index >= 15 is 0 Å². The molecule has 1 aromatic heterocycles. The number of thiophene rings is 1. The molecule has 0 bridgehead atoms. The minimum absolute atomic E-state index is 0.208. The number of nitrogens with zero attached hydrogens (tertiary/aromatic N) is 2.